The third kappa shape index (κ3) is 1.94. The maximum atomic E-state index is 11.1. The van der Waals surface area contributed by atoms with Crippen molar-refractivity contribution in [2.45, 2.75) is 6.10 Å². The number of methoxy groups -OCH3 is 2. The van der Waals surface area contributed by atoms with Crippen LogP contribution in [0.1, 0.15) is 0 Å². The molecule has 1 atom stereocenters. The highest BCUT2D eigenvalue weighted by atomic mass is 16.7. The molecule has 70 valence electrons. The maximum Gasteiger partial charge on any atom is 0.255 e. The summed E-state index contributed by atoms with van der Waals surface area (Å²) < 4.78 is 14.5. The fraction of sp³-hybridized carbons (Fsp3) is 0.857. The molecule has 5 heteroatoms. The number of hydrogen-bond donors (Lipinski definition) is 0. The number of nitrogens with zero attached hydrogens (tertiary/aromatic N) is 1. The van der Waals surface area contributed by atoms with Crippen molar-refractivity contribution in [3.63, 3.8) is 0 Å². The van der Waals surface area contributed by atoms with E-state index in [1.807, 2.05) is 0 Å². The van der Waals surface area contributed by atoms with Gasteiger partial charge in [0.2, 0.25) is 0 Å². The number of likely N-dealkylation sites (tertiary alicyclic amines) is 1. The molecular formula is C7H13NO4. The van der Waals surface area contributed by atoms with E-state index in [0.717, 1.165) is 0 Å². The van der Waals surface area contributed by atoms with E-state index in [1.165, 1.54) is 7.11 Å². The van der Waals surface area contributed by atoms with Crippen molar-refractivity contribution >= 4 is 5.91 Å². The summed E-state index contributed by atoms with van der Waals surface area (Å²) in [6.07, 6.45) is -0.333. The molecule has 1 saturated heterocycles. The first kappa shape index (κ1) is 9.44. The van der Waals surface area contributed by atoms with Gasteiger partial charge < -0.3 is 19.1 Å². The third-order valence-electron chi connectivity index (χ3n) is 1.65. The van der Waals surface area contributed by atoms with Gasteiger partial charge in [-0.15, -0.1) is 0 Å². The minimum Gasteiger partial charge on any atom is -0.364 e. The van der Waals surface area contributed by atoms with E-state index >= 15 is 0 Å². The second kappa shape index (κ2) is 4.39. The molecule has 5 nitrogen and oxygen atoms in total. The molecule has 1 rings (SSSR count). The number of β-lactam (4-membered cyclic amide) rings is 1. The summed E-state index contributed by atoms with van der Waals surface area (Å²) >= 11 is 0. The number of carbonyl (C=O) groups is 1. The van der Waals surface area contributed by atoms with Crippen molar-refractivity contribution in [3.8, 4) is 0 Å². The number of rotatable bonds is 5. The minimum atomic E-state index is -0.333. The van der Waals surface area contributed by atoms with Crippen LogP contribution in [0.3, 0.4) is 0 Å². The normalized spacial score (nSPS) is 22.7. The van der Waals surface area contributed by atoms with E-state index in [0.29, 0.717) is 13.3 Å². The quantitative estimate of drug-likeness (QED) is 0.414. The SMILES string of the molecule is COCOC1CN(COC)C1=O. The predicted octanol–water partition coefficient (Wildman–Crippen LogP) is -0.578. The molecule has 12 heavy (non-hydrogen) atoms. The zero-order valence-corrected chi connectivity index (χ0v) is 7.28. The van der Waals surface area contributed by atoms with Crippen LogP contribution < -0.4 is 0 Å². The fourth-order valence-electron chi connectivity index (χ4n) is 1.01. The average Bonchev–Trinajstić information content (AvgIpc) is 2.09. The lowest BCUT2D eigenvalue weighted by Gasteiger charge is -2.36. The summed E-state index contributed by atoms with van der Waals surface area (Å²) in [5.74, 6) is -0.0334. The Bertz CT molecular complexity index is 161. The largest absolute Gasteiger partial charge is 0.364 e. The lowest BCUT2D eigenvalue weighted by atomic mass is 10.2. The van der Waals surface area contributed by atoms with Gasteiger partial charge in [-0.1, -0.05) is 0 Å². The topological polar surface area (TPSA) is 48.0 Å². The standard InChI is InChI=1S/C7H13NO4/c1-10-4-8-3-6(7(8)9)12-5-11-2/h6H,3-5H2,1-2H3. The molecule has 0 saturated carbocycles. The van der Waals surface area contributed by atoms with Crippen LogP contribution in [-0.2, 0) is 19.0 Å². The fourth-order valence-corrected chi connectivity index (χ4v) is 1.01. The molecule has 1 aliphatic rings. The van der Waals surface area contributed by atoms with Gasteiger partial charge in [0.15, 0.2) is 6.10 Å². The Kier molecular flexibility index (Phi) is 3.46. The van der Waals surface area contributed by atoms with Crippen LogP contribution >= 0.6 is 0 Å². The number of amides is 1. The molecule has 1 unspecified atom stereocenters. The monoisotopic (exact) mass is 175 g/mol. The molecule has 0 radical (unpaired) electrons. The minimum absolute atomic E-state index is 0.0334. The predicted molar refractivity (Wildman–Crippen MR) is 40.3 cm³/mol. The van der Waals surface area contributed by atoms with E-state index < -0.39 is 0 Å². The highest BCUT2D eigenvalue weighted by molar-refractivity contribution is 5.86. The average molecular weight is 175 g/mol. The number of ether oxygens (including phenoxy) is 3. The summed E-state index contributed by atoms with van der Waals surface area (Å²) in [5.41, 5.74) is 0. The van der Waals surface area contributed by atoms with Crippen LogP contribution in [0, 0.1) is 0 Å². The Morgan fingerprint density at radius 1 is 1.50 bits per heavy atom. The van der Waals surface area contributed by atoms with E-state index in [9.17, 15) is 4.79 Å². The Balaban J connectivity index is 2.15. The second-order valence-corrected chi connectivity index (χ2v) is 2.54. The first-order valence-corrected chi connectivity index (χ1v) is 3.68. The van der Waals surface area contributed by atoms with Gasteiger partial charge >= 0.3 is 0 Å². The lowest BCUT2D eigenvalue weighted by molar-refractivity contribution is -0.180. The molecular weight excluding hydrogens is 162 g/mol. The van der Waals surface area contributed by atoms with Gasteiger partial charge in [0.1, 0.15) is 13.5 Å². The van der Waals surface area contributed by atoms with Crippen LogP contribution in [0.15, 0.2) is 0 Å². The van der Waals surface area contributed by atoms with Crippen LogP contribution in [0.5, 0.6) is 0 Å². The number of carbonyl (C=O) groups excluding carboxylic acids is 1. The van der Waals surface area contributed by atoms with E-state index in [1.54, 1.807) is 12.0 Å². The zero-order chi connectivity index (χ0) is 8.97. The highest BCUT2D eigenvalue weighted by Gasteiger charge is 2.37. The molecule has 1 fully saturated rings. The lowest BCUT2D eigenvalue weighted by Crippen LogP contribution is -2.58. The molecule has 0 aromatic heterocycles. The summed E-state index contributed by atoms with van der Waals surface area (Å²) in [5, 5.41) is 0. The van der Waals surface area contributed by atoms with Gasteiger partial charge in [0.05, 0.1) is 6.54 Å². The highest BCUT2D eigenvalue weighted by Crippen LogP contribution is 2.12. The van der Waals surface area contributed by atoms with Crippen molar-refractivity contribution in [1.29, 1.82) is 0 Å². The summed E-state index contributed by atoms with van der Waals surface area (Å²) in [6.45, 7) is 1.10. The molecule has 0 aromatic carbocycles. The summed E-state index contributed by atoms with van der Waals surface area (Å²) in [6, 6.07) is 0. The van der Waals surface area contributed by atoms with Crippen molar-refractivity contribution in [3.05, 3.63) is 0 Å². The number of hydrogen-bond acceptors (Lipinski definition) is 4. The maximum absolute atomic E-state index is 11.1. The third-order valence-corrected chi connectivity index (χ3v) is 1.65. The first-order valence-electron chi connectivity index (χ1n) is 3.68. The van der Waals surface area contributed by atoms with Gasteiger partial charge in [-0.2, -0.15) is 0 Å². The van der Waals surface area contributed by atoms with Crippen LogP contribution in [0.25, 0.3) is 0 Å². The molecule has 0 aliphatic carbocycles. The van der Waals surface area contributed by atoms with Crippen molar-refractivity contribution in [1.82, 2.24) is 4.90 Å². The molecule has 1 amide bonds. The van der Waals surface area contributed by atoms with E-state index in [2.05, 4.69) is 4.74 Å². The molecule has 0 N–H and O–H groups in total. The second-order valence-electron chi connectivity index (χ2n) is 2.54. The molecule has 1 heterocycles. The Morgan fingerprint density at radius 3 is 2.75 bits per heavy atom. The van der Waals surface area contributed by atoms with Gasteiger partial charge in [0, 0.05) is 14.2 Å². The van der Waals surface area contributed by atoms with Gasteiger partial charge in [-0.25, -0.2) is 0 Å². The van der Waals surface area contributed by atoms with Gasteiger partial charge in [-0.3, -0.25) is 4.79 Å². The molecule has 0 spiro atoms. The van der Waals surface area contributed by atoms with Crippen LogP contribution in [0.4, 0.5) is 0 Å². The van der Waals surface area contributed by atoms with Crippen molar-refractivity contribution < 1.29 is 19.0 Å². The van der Waals surface area contributed by atoms with Crippen LogP contribution in [0.2, 0.25) is 0 Å². The van der Waals surface area contributed by atoms with E-state index in [4.69, 9.17) is 9.47 Å². The Labute approximate surface area is 71.2 Å². The first-order chi connectivity index (χ1) is 5.79. The summed E-state index contributed by atoms with van der Waals surface area (Å²) in [7, 11) is 3.08. The Hall–Kier alpha value is -0.650. The van der Waals surface area contributed by atoms with Gasteiger partial charge in [0.25, 0.3) is 5.91 Å². The van der Waals surface area contributed by atoms with E-state index in [-0.39, 0.29) is 18.8 Å². The summed E-state index contributed by atoms with van der Waals surface area (Å²) in [4.78, 5) is 12.7. The van der Waals surface area contributed by atoms with Crippen LogP contribution in [-0.4, -0.2) is 51.2 Å². The van der Waals surface area contributed by atoms with Crippen molar-refractivity contribution in [2.24, 2.45) is 0 Å². The molecule has 0 bridgehead atoms. The molecule has 0 aromatic rings. The molecule has 1 aliphatic heterocycles. The Morgan fingerprint density at radius 2 is 2.25 bits per heavy atom. The zero-order valence-electron chi connectivity index (χ0n) is 7.28. The van der Waals surface area contributed by atoms with Gasteiger partial charge in [-0.05, 0) is 0 Å². The smallest absolute Gasteiger partial charge is 0.255 e. The van der Waals surface area contributed by atoms with Crippen molar-refractivity contribution in [2.75, 3.05) is 34.3 Å².